The highest BCUT2D eigenvalue weighted by atomic mass is 16.5. The molecule has 0 saturated heterocycles. The molecule has 6 N–H and O–H groups in total. The molecule has 1 atom stereocenters. The number of amidine groups is 1. The molecule has 1 aliphatic heterocycles. The summed E-state index contributed by atoms with van der Waals surface area (Å²) in [7, 11) is 0. The van der Waals surface area contributed by atoms with Crippen molar-refractivity contribution in [1.29, 1.82) is 0 Å². The molecule has 0 bridgehead atoms. The maximum atomic E-state index is 6.52. The maximum Gasteiger partial charge on any atom is 0.200 e. The molecular formula is C19H30N6O2. The quantitative estimate of drug-likeness (QED) is 0.442. The van der Waals surface area contributed by atoms with Gasteiger partial charge >= 0.3 is 0 Å². The molecule has 1 aromatic rings. The Morgan fingerprint density at radius 2 is 1.85 bits per heavy atom. The number of nitrogens with two attached hydrogens (primary N) is 2. The van der Waals surface area contributed by atoms with Crippen LogP contribution in [0.1, 0.15) is 30.4 Å². The van der Waals surface area contributed by atoms with E-state index in [2.05, 4.69) is 34.7 Å². The SMILES string of the molecule is Cc1ccc(C2=NC(N)(CCOCCOCCN)NC(=NC3CC3)N2)cc1. The van der Waals surface area contributed by atoms with E-state index in [9.17, 15) is 0 Å². The number of hydrogen-bond donors (Lipinski definition) is 4. The lowest BCUT2D eigenvalue weighted by molar-refractivity contribution is 0.0430. The van der Waals surface area contributed by atoms with Crippen molar-refractivity contribution < 1.29 is 9.47 Å². The average molecular weight is 374 g/mol. The molecule has 0 spiro atoms. The molecule has 0 aromatic heterocycles. The molecule has 3 rings (SSSR count). The summed E-state index contributed by atoms with van der Waals surface area (Å²) in [6.45, 7) is 4.62. The Hall–Kier alpha value is -2.00. The van der Waals surface area contributed by atoms with Gasteiger partial charge in [-0.25, -0.2) is 9.98 Å². The van der Waals surface area contributed by atoms with E-state index in [4.69, 9.17) is 25.9 Å². The van der Waals surface area contributed by atoms with Crippen LogP contribution in [-0.2, 0) is 9.47 Å². The van der Waals surface area contributed by atoms with Crippen LogP contribution in [0.2, 0.25) is 0 Å². The van der Waals surface area contributed by atoms with Crippen LogP contribution in [-0.4, -0.2) is 56.6 Å². The highest BCUT2D eigenvalue weighted by molar-refractivity contribution is 6.10. The monoisotopic (exact) mass is 374 g/mol. The van der Waals surface area contributed by atoms with Crippen LogP contribution in [0.3, 0.4) is 0 Å². The highest BCUT2D eigenvalue weighted by Gasteiger charge is 2.32. The molecular weight excluding hydrogens is 344 g/mol. The first-order chi connectivity index (χ1) is 13.1. The van der Waals surface area contributed by atoms with Gasteiger partial charge in [-0.05, 0) is 19.8 Å². The third-order valence-corrected chi connectivity index (χ3v) is 4.33. The Morgan fingerprint density at radius 3 is 2.52 bits per heavy atom. The minimum atomic E-state index is -0.961. The normalized spacial score (nSPS) is 23.7. The van der Waals surface area contributed by atoms with E-state index in [-0.39, 0.29) is 0 Å². The molecule has 27 heavy (non-hydrogen) atoms. The van der Waals surface area contributed by atoms with Crippen LogP contribution in [0, 0.1) is 6.92 Å². The lowest BCUT2D eigenvalue weighted by Crippen LogP contribution is -2.63. The van der Waals surface area contributed by atoms with Crippen molar-refractivity contribution in [3.8, 4) is 0 Å². The maximum absolute atomic E-state index is 6.52. The van der Waals surface area contributed by atoms with E-state index in [1.54, 1.807) is 0 Å². The van der Waals surface area contributed by atoms with Gasteiger partial charge in [-0.1, -0.05) is 29.8 Å². The molecule has 1 unspecified atom stereocenters. The summed E-state index contributed by atoms with van der Waals surface area (Å²) >= 11 is 0. The van der Waals surface area contributed by atoms with Crippen molar-refractivity contribution in [3.63, 3.8) is 0 Å². The van der Waals surface area contributed by atoms with E-state index in [1.165, 1.54) is 5.56 Å². The van der Waals surface area contributed by atoms with Crippen LogP contribution in [0.15, 0.2) is 34.3 Å². The Bertz CT molecular complexity index is 671. The second-order valence-corrected chi connectivity index (χ2v) is 6.97. The molecule has 1 fully saturated rings. The Morgan fingerprint density at radius 1 is 1.15 bits per heavy atom. The minimum Gasteiger partial charge on any atom is -0.379 e. The summed E-state index contributed by atoms with van der Waals surface area (Å²) in [6.07, 6.45) is 2.76. The van der Waals surface area contributed by atoms with Gasteiger partial charge in [-0.3, -0.25) is 5.73 Å². The highest BCUT2D eigenvalue weighted by Crippen LogP contribution is 2.24. The van der Waals surface area contributed by atoms with Crippen molar-refractivity contribution in [2.45, 2.75) is 38.0 Å². The van der Waals surface area contributed by atoms with Gasteiger partial charge in [0.2, 0.25) is 0 Å². The van der Waals surface area contributed by atoms with Gasteiger partial charge < -0.3 is 25.8 Å². The first kappa shape index (κ1) is 19.8. The standard InChI is InChI=1S/C19H30N6O2/c1-14-2-4-15(5-3-14)17-23-18(22-16-6-7-16)25-19(21,24-17)8-10-26-12-13-27-11-9-20/h2-5,16H,6-13,20-21H2,1H3,(H2,22,23,24,25). The average Bonchev–Trinajstić information content (AvgIpc) is 3.45. The number of benzene rings is 1. The van der Waals surface area contributed by atoms with E-state index in [0.717, 1.165) is 24.2 Å². The summed E-state index contributed by atoms with van der Waals surface area (Å²) < 4.78 is 10.9. The summed E-state index contributed by atoms with van der Waals surface area (Å²) in [5.74, 6) is 0.441. The number of nitrogens with zero attached hydrogens (tertiary/aromatic N) is 2. The number of aliphatic imine (C=N–C) groups is 2. The summed E-state index contributed by atoms with van der Waals surface area (Å²) in [6, 6.07) is 8.56. The van der Waals surface area contributed by atoms with Gasteiger partial charge in [-0.15, -0.1) is 0 Å². The lowest BCUT2D eigenvalue weighted by atomic mass is 10.1. The fourth-order valence-corrected chi connectivity index (χ4v) is 2.65. The van der Waals surface area contributed by atoms with Gasteiger partial charge in [0.1, 0.15) is 5.84 Å². The first-order valence-corrected chi connectivity index (χ1v) is 9.52. The zero-order valence-electron chi connectivity index (χ0n) is 15.9. The number of nitrogens with one attached hydrogen (secondary N) is 2. The second kappa shape index (κ2) is 9.27. The van der Waals surface area contributed by atoms with Crippen molar-refractivity contribution in [2.75, 3.05) is 33.0 Å². The van der Waals surface area contributed by atoms with Crippen molar-refractivity contribution in [2.24, 2.45) is 21.5 Å². The van der Waals surface area contributed by atoms with Gasteiger partial charge in [0.15, 0.2) is 11.7 Å². The Kier molecular flexibility index (Phi) is 6.78. The molecule has 1 saturated carbocycles. The minimum absolute atomic E-state index is 0.373. The van der Waals surface area contributed by atoms with Gasteiger partial charge in [0, 0.05) is 18.5 Å². The molecule has 1 heterocycles. The fraction of sp³-hybridized carbons (Fsp3) is 0.579. The second-order valence-electron chi connectivity index (χ2n) is 6.97. The van der Waals surface area contributed by atoms with Crippen LogP contribution in [0.25, 0.3) is 0 Å². The Labute approximate surface area is 160 Å². The molecule has 1 aromatic carbocycles. The van der Waals surface area contributed by atoms with Crippen molar-refractivity contribution in [3.05, 3.63) is 35.4 Å². The number of aryl methyl sites for hydroxylation is 1. The van der Waals surface area contributed by atoms with Gasteiger partial charge in [0.05, 0.1) is 32.5 Å². The van der Waals surface area contributed by atoms with Crippen LogP contribution in [0.5, 0.6) is 0 Å². The summed E-state index contributed by atoms with van der Waals surface area (Å²) in [4.78, 5) is 9.38. The first-order valence-electron chi connectivity index (χ1n) is 9.52. The van der Waals surface area contributed by atoms with Gasteiger partial charge in [-0.2, -0.15) is 0 Å². The van der Waals surface area contributed by atoms with E-state index >= 15 is 0 Å². The van der Waals surface area contributed by atoms with E-state index < -0.39 is 5.79 Å². The molecule has 8 heteroatoms. The Balaban J connectivity index is 1.63. The van der Waals surface area contributed by atoms with Crippen molar-refractivity contribution in [1.82, 2.24) is 10.6 Å². The number of hydrogen-bond acceptors (Lipinski definition) is 6. The smallest absolute Gasteiger partial charge is 0.200 e. The third-order valence-electron chi connectivity index (χ3n) is 4.33. The predicted octanol–water partition coefficient (Wildman–Crippen LogP) is 0.447. The van der Waals surface area contributed by atoms with Crippen LogP contribution < -0.4 is 22.1 Å². The third kappa shape index (κ3) is 6.28. The zero-order chi connectivity index (χ0) is 19.1. The number of guanidine groups is 1. The lowest BCUT2D eigenvalue weighted by Gasteiger charge is -2.34. The molecule has 148 valence electrons. The molecule has 2 aliphatic rings. The summed E-state index contributed by atoms with van der Waals surface area (Å²) in [5.41, 5.74) is 14.1. The predicted molar refractivity (Wildman–Crippen MR) is 107 cm³/mol. The van der Waals surface area contributed by atoms with Crippen LogP contribution >= 0.6 is 0 Å². The van der Waals surface area contributed by atoms with Crippen LogP contribution in [0.4, 0.5) is 0 Å². The fourth-order valence-electron chi connectivity index (χ4n) is 2.65. The zero-order valence-corrected chi connectivity index (χ0v) is 15.9. The van der Waals surface area contributed by atoms with Crippen molar-refractivity contribution >= 4 is 11.8 Å². The van der Waals surface area contributed by atoms with E-state index in [1.807, 2.05) is 12.1 Å². The van der Waals surface area contributed by atoms with E-state index in [0.29, 0.717) is 51.4 Å². The number of ether oxygens (including phenoxy) is 2. The summed E-state index contributed by atoms with van der Waals surface area (Å²) in [5, 5.41) is 6.50. The molecule has 0 radical (unpaired) electrons. The van der Waals surface area contributed by atoms with Gasteiger partial charge in [0.25, 0.3) is 0 Å². The molecule has 1 aliphatic carbocycles. The molecule has 0 amide bonds. The number of rotatable bonds is 10. The largest absolute Gasteiger partial charge is 0.379 e. The topological polar surface area (TPSA) is 119 Å². The molecule has 8 nitrogen and oxygen atoms in total.